The zero-order valence-corrected chi connectivity index (χ0v) is 12.0. The lowest BCUT2D eigenvalue weighted by Crippen LogP contribution is -2.18. The van der Waals surface area contributed by atoms with Gasteiger partial charge in [0.25, 0.3) is 0 Å². The van der Waals surface area contributed by atoms with E-state index in [0.717, 1.165) is 0 Å². The molecule has 0 amide bonds. The number of carbonyl (C=O) groups excluding carboxylic acids is 1. The third kappa shape index (κ3) is 4.79. The van der Waals surface area contributed by atoms with Gasteiger partial charge in [0.1, 0.15) is 5.75 Å². The zero-order chi connectivity index (χ0) is 15.0. The van der Waals surface area contributed by atoms with Crippen molar-refractivity contribution in [2.75, 3.05) is 13.2 Å². The van der Waals surface area contributed by atoms with E-state index >= 15 is 0 Å². The summed E-state index contributed by atoms with van der Waals surface area (Å²) < 4.78 is 4.83. The van der Waals surface area contributed by atoms with Crippen LogP contribution in [0.25, 0.3) is 0 Å². The van der Waals surface area contributed by atoms with Gasteiger partial charge in [-0.3, -0.25) is 9.78 Å². The quantitative estimate of drug-likeness (QED) is 0.487. The van der Waals surface area contributed by atoms with Crippen molar-refractivity contribution in [2.45, 2.75) is 39.8 Å². The maximum absolute atomic E-state index is 11.1. The summed E-state index contributed by atoms with van der Waals surface area (Å²) >= 11 is 0. The first-order valence-electron chi connectivity index (χ1n) is 6.73. The van der Waals surface area contributed by atoms with Crippen molar-refractivity contribution in [3.05, 3.63) is 23.0 Å². The molecule has 112 valence electrons. The molecule has 0 atom stereocenters. The molecule has 1 heterocycles. The van der Waals surface area contributed by atoms with Crippen molar-refractivity contribution in [1.29, 1.82) is 0 Å². The number of nitrogens with one attached hydrogen (secondary N) is 1. The van der Waals surface area contributed by atoms with Gasteiger partial charge in [-0.1, -0.05) is 0 Å². The molecule has 6 heteroatoms. The average Bonchev–Trinajstić information content (AvgIpc) is 2.43. The second-order valence-electron chi connectivity index (χ2n) is 4.44. The van der Waals surface area contributed by atoms with Gasteiger partial charge in [-0.2, -0.15) is 0 Å². The molecule has 0 saturated heterocycles. The summed E-state index contributed by atoms with van der Waals surface area (Å²) in [7, 11) is 0. The second kappa shape index (κ2) is 8.50. The van der Waals surface area contributed by atoms with Crippen LogP contribution < -0.4 is 5.32 Å². The Balaban J connectivity index is 2.42. The number of ether oxygens (including phenoxy) is 1. The fraction of sp³-hybridized carbons (Fsp3) is 0.571. The van der Waals surface area contributed by atoms with E-state index in [1.807, 2.05) is 0 Å². The highest BCUT2D eigenvalue weighted by Gasteiger charge is 2.10. The number of hydrogen-bond donors (Lipinski definition) is 3. The summed E-state index contributed by atoms with van der Waals surface area (Å²) in [5, 5.41) is 22.3. The lowest BCUT2D eigenvalue weighted by molar-refractivity contribution is -0.143. The number of aromatic hydroxyl groups is 1. The van der Waals surface area contributed by atoms with Gasteiger partial charge in [-0.25, -0.2) is 0 Å². The minimum absolute atomic E-state index is 0.106. The first kappa shape index (κ1) is 16.4. The molecule has 0 fully saturated rings. The number of hydrogen-bond acceptors (Lipinski definition) is 6. The summed E-state index contributed by atoms with van der Waals surface area (Å²) in [6.07, 6.45) is 2.60. The van der Waals surface area contributed by atoms with E-state index in [1.54, 1.807) is 20.0 Å². The first-order chi connectivity index (χ1) is 9.60. The SMILES string of the molecule is CCOC(=O)CCCNCc1c(CO)cnc(C)c1O. The van der Waals surface area contributed by atoms with Crippen molar-refractivity contribution in [3.8, 4) is 5.75 Å². The van der Waals surface area contributed by atoms with Crippen LogP contribution in [0.2, 0.25) is 0 Å². The Hall–Kier alpha value is -1.66. The van der Waals surface area contributed by atoms with Gasteiger partial charge in [-0.15, -0.1) is 0 Å². The molecule has 0 spiro atoms. The maximum Gasteiger partial charge on any atom is 0.305 e. The lowest BCUT2D eigenvalue weighted by atomic mass is 10.1. The largest absolute Gasteiger partial charge is 0.506 e. The second-order valence-corrected chi connectivity index (χ2v) is 4.44. The molecular weight excluding hydrogens is 260 g/mol. The Morgan fingerprint density at radius 1 is 1.50 bits per heavy atom. The normalized spacial score (nSPS) is 10.6. The van der Waals surface area contributed by atoms with Gasteiger partial charge in [0, 0.05) is 30.3 Å². The fourth-order valence-electron chi connectivity index (χ4n) is 1.82. The number of esters is 1. The number of aliphatic hydroxyl groups excluding tert-OH is 1. The van der Waals surface area contributed by atoms with Crippen molar-refractivity contribution >= 4 is 5.97 Å². The summed E-state index contributed by atoms with van der Waals surface area (Å²) in [6, 6.07) is 0. The highest BCUT2D eigenvalue weighted by molar-refractivity contribution is 5.69. The number of rotatable bonds is 8. The van der Waals surface area contributed by atoms with Gasteiger partial charge in [0.15, 0.2) is 0 Å². The Labute approximate surface area is 118 Å². The molecule has 0 aromatic carbocycles. The third-order valence-corrected chi connectivity index (χ3v) is 2.94. The number of nitrogens with zero attached hydrogens (tertiary/aromatic N) is 1. The molecule has 0 aliphatic rings. The third-order valence-electron chi connectivity index (χ3n) is 2.94. The molecule has 1 aromatic rings. The number of aromatic nitrogens is 1. The smallest absolute Gasteiger partial charge is 0.305 e. The Bertz CT molecular complexity index is 449. The highest BCUT2D eigenvalue weighted by Crippen LogP contribution is 2.23. The predicted octanol–water partition coefficient (Wildman–Crippen LogP) is 1.02. The first-order valence-corrected chi connectivity index (χ1v) is 6.73. The topological polar surface area (TPSA) is 91.7 Å². The van der Waals surface area contributed by atoms with Crippen LogP contribution in [0.4, 0.5) is 0 Å². The fourth-order valence-corrected chi connectivity index (χ4v) is 1.82. The van der Waals surface area contributed by atoms with Crippen molar-refractivity contribution in [3.63, 3.8) is 0 Å². The summed E-state index contributed by atoms with van der Waals surface area (Å²) in [5.41, 5.74) is 1.78. The summed E-state index contributed by atoms with van der Waals surface area (Å²) in [5.74, 6) is -0.0950. The molecule has 3 N–H and O–H groups in total. The van der Waals surface area contributed by atoms with E-state index in [1.165, 1.54) is 0 Å². The molecule has 1 rings (SSSR count). The Morgan fingerprint density at radius 3 is 2.90 bits per heavy atom. The number of aryl methyl sites for hydroxylation is 1. The minimum Gasteiger partial charge on any atom is -0.506 e. The molecule has 0 aliphatic heterocycles. The molecule has 0 aliphatic carbocycles. The van der Waals surface area contributed by atoms with Crippen LogP contribution in [0, 0.1) is 6.92 Å². The Morgan fingerprint density at radius 2 is 2.25 bits per heavy atom. The van der Waals surface area contributed by atoms with E-state index in [4.69, 9.17) is 4.74 Å². The van der Waals surface area contributed by atoms with Crippen LogP contribution >= 0.6 is 0 Å². The summed E-state index contributed by atoms with van der Waals surface area (Å²) in [4.78, 5) is 15.1. The van der Waals surface area contributed by atoms with Crippen molar-refractivity contribution < 1.29 is 19.7 Å². The van der Waals surface area contributed by atoms with Gasteiger partial charge in [0.2, 0.25) is 0 Å². The molecule has 20 heavy (non-hydrogen) atoms. The number of carbonyl (C=O) groups is 1. The molecule has 0 radical (unpaired) electrons. The maximum atomic E-state index is 11.1. The average molecular weight is 282 g/mol. The van der Waals surface area contributed by atoms with Gasteiger partial charge >= 0.3 is 5.97 Å². The van der Waals surface area contributed by atoms with Crippen LogP contribution in [-0.2, 0) is 22.7 Å². The van der Waals surface area contributed by atoms with Crippen LogP contribution in [0.3, 0.4) is 0 Å². The molecular formula is C14H22N2O4. The standard InChI is InChI=1S/C14H22N2O4/c1-3-20-13(18)5-4-6-15-8-12-11(9-17)7-16-10(2)14(12)19/h7,15,17,19H,3-6,8-9H2,1-2H3. The minimum atomic E-state index is -0.201. The summed E-state index contributed by atoms with van der Waals surface area (Å²) in [6.45, 7) is 4.78. The molecule has 6 nitrogen and oxygen atoms in total. The molecule has 0 unspecified atom stereocenters. The molecule has 0 saturated carbocycles. The monoisotopic (exact) mass is 282 g/mol. The zero-order valence-electron chi connectivity index (χ0n) is 12.0. The van der Waals surface area contributed by atoms with Gasteiger partial charge in [0.05, 0.1) is 18.9 Å². The number of aliphatic hydroxyl groups is 1. The van der Waals surface area contributed by atoms with Crippen LogP contribution in [0.15, 0.2) is 6.20 Å². The lowest BCUT2D eigenvalue weighted by Gasteiger charge is -2.12. The van der Waals surface area contributed by atoms with Crippen LogP contribution in [0.1, 0.15) is 36.6 Å². The van der Waals surface area contributed by atoms with Crippen molar-refractivity contribution in [2.24, 2.45) is 0 Å². The Kier molecular flexibility index (Phi) is 6.97. The predicted molar refractivity (Wildman–Crippen MR) is 74.1 cm³/mol. The highest BCUT2D eigenvalue weighted by atomic mass is 16.5. The number of pyridine rings is 1. The van der Waals surface area contributed by atoms with E-state index < -0.39 is 0 Å². The van der Waals surface area contributed by atoms with Gasteiger partial charge < -0.3 is 20.3 Å². The van der Waals surface area contributed by atoms with E-state index in [0.29, 0.717) is 49.4 Å². The van der Waals surface area contributed by atoms with Gasteiger partial charge in [-0.05, 0) is 26.8 Å². The van der Waals surface area contributed by atoms with Crippen LogP contribution in [0.5, 0.6) is 5.75 Å². The van der Waals surface area contributed by atoms with E-state index in [-0.39, 0.29) is 18.3 Å². The molecule has 0 bridgehead atoms. The van der Waals surface area contributed by atoms with E-state index in [9.17, 15) is 15.0 Å². The van der Waals surface area contributed by atoms with E-state index in [2.05, 4.69) is 10.3 Å². The van der Waals surface area contributed by atoms with Crippen molar-refractivity contribution in [1.82, 2.24) is 10.3 Å². The molecule has 1 aromatic heterocycles. The van der Waals surface area contributed by atoms with Crippen LogP contribution in [-0.4, -0.2) is 34.3 Å².